The number of β-lactam (4-membered cyclic amide) rings is 1. The summed E-state index contributed by atoms with van der Waals surface area (Å²) in [6.45, 7) is 2.02. The molecule has 2 amide bonds. The maximum absolute atomic E-state index is 12.9. The number of thioether (sulfide) groups is 1. The largest absolute Gasteiger partial charge is 0.477 e. The molecule has 10 nitrogen and oxygen atoms in total. The summed E-state index contributed by atoms with van der Waals surface area (Å²) < 4.78 is 44.6. The summed E-state index contributed by atoms with van der Waals surface area (Å²) in [5.74, 6) is -3.08. The van der Waals surface area contributed by atoms with E-state index in [1.807, 2.05) is 0 Å². The van der Waals surface area contributed by atoms with Crippen molar-refractivity contribution in [2.75, 3.05) is 12.4 Å². The number of amides is 2. The van der Waals surface area contributed by atoms with Crippen LogP contribution >= 0.6 is 23.4 Å². The van der Waals surface area contributed by atoms with Crippen molar-refractivity contribution in [3.8, 4) is 0 Å². The summed E-state index contributed by atoms with van der Waals surface area (Å²) in [5.41, 5.74) is -1.24. The normalized spacial score (nSPS) is 20.3. The highest BCUT2D eigenvalue weighted by Gasteiger charge is 2.54. The molecule has 0 unspecified atom stereocenters. The van der Waals surface area contributed by atoms with Gasteiger partial charge >= 0.3 is 18.1 Å². The molecule has 0 spiro atoms. The molecule has 0 radical (unpaired) electrons. The second kappa shape index (κ2) is 9.25. The zero-order chi connectivity index (χ0) is 24.7. The van der Waals surface area contributed by atoms with Gasteiger partial charge < -0.3 is 15.2 Å². The number of carbonyl (C=O) groups is 4. The number of esters is 1. The van der Waals surface area contributed by atoms with Crippen molar-refractivity contribution in [3.63, 3.8) is 0 Å². The number of rotatable bonds is 7. The lowest BCUT2D eigenvalue weighted by Gasteiger charge is -2.49. The molecule has 33 heavy (non-hydrogen) atoms. The minimum atomic E-state index is -4.74. The lowest BCUT2D eigenvalue weighted by molar-refractivity contribution is -0.151. The Labute approximate surface area is 194 Å². The standard InChI is InChI=1S/C18H18ClF3N4O6S/c1-7-11(19)14(18(20,21)22)24-25(7)4-3-10(28)23-12-15(29)26-13(17(30)31)9(5-32-8(2)27)6-33-16(12)26/h12,16H,3-6H2,1-2H3,(H,23,28)(H,30,31)/t12-,16+/m1/s1. The molecule has 3 heterocycles. The van der Waals surface area contributed by atoms with E-state index in [1.165, 1.54) is 25.6 Å². The van der Waals surface area contributed by atoms with Crippen LogP contribution in [-0.4, -0.2) is 67.3 Å². The third-order valence-corrected chi connectivity index (χ3v) is 6.76. The Morgan fingerprint density at radius 2 is 2.03 bits per heavy atom. The van der Waals surface area contributed by atoms with Gasteiger partial charge in [0.05, 0.1) is 17.3 Å². The van der Waals surface area contributed by atoms with E-state index >= 15 is 0 Å². The lowest BCUT2D eigenvalue weighted by Crippen LogP contribution is -2.70. The zero-order valence-electron chi connectivity index (χ0n) is 17.2. The molecule has 1 aromatic rings. The molecular formula is C18H18ClF3N4O6S. The number of aromatic nitrogens is 2. The van der Waals surface area contributed by atoms with E-state index in [-0.39, 0.29) is 42.3 Å². The van der Waals surface area contributed by atoms with E-state index in [0.717, 1.165) is 9.58 Å². The van der Waals surface area contributed by atoms with Crippen LogP contribution in [0.5, 0.6) is 0 Å². The Bertz CT molecular complexity index is 1060. The summed E-state index contributed by atoms with van der Waals surface area (Å²) >= 11 is 6.87. The van der Waals surface area contributed by atoms with E-state index in [2.05, 4.69) is 10.4 Å². The number of aliphatic carboxylic acids is 1. The number of ether oxygens (including phenoxy) is 1. The summed E-state index contributed by atoms with van der Waals surface area (Å²) in [4.78, 5) is 48.6. The van der Waals surface area contributed by atoms with Crippen LogP contribution < -0.4 is 5.32 Å². The summed E-state index contributed by atoms with van der Waals surface area (Å²) in [7, 11) is 0. The van der Waals surface area contributed by atoms with Crippen LogP contribution in [0, 0.1) is 6.92 Å². The molecule has 0 aliphatic carbocycles. The number of aryl methyl sites for hydroxylation is 1. The average molecular weight is 511 g/mol. The zero-order valence-corrected chi connectivity index (χ0v) is 18.8. The van der Waals surface area contributed by atoms with Gasteiger partial charge in [-0.2, -0.15) is 18.3 Å². The first-order valence-corrected chi connectivity index (χ1v) is 10.9. The smallest absolute Gasteiger partial charge is 0.436 e. The van der Waals surface area contributed by atoms with Gasteiger partial charge in [-0.1, -0.05) is 11.6 Å². The highest BCUT2D eigenvalue weighted by atomic mass is 35.5. The highest BCUT2D eigenvalue weighted by molar-refractivity contribution is 8.00. The number of alkyl halides is 3. The van der Waals surface area contributed by atoms with E-state index in [9.17, 15) is 37.5 Å². The van der Waals surface area contributed by atoms with Gasteiger partial charge in [-0.25, -0.2) is 4.79 Å². The van der Waals surface area contributed by atoms with Crippen LogP contribution in [0.15, 0.2) is 11.3 Å². The van der Waals surface area contributed by atoms with Crippen molar-refractivity contribution < 1.29 is 42.2 Å². The van der Waals surface area contributed by atoms with Gasteiger partial charge in [0.1, 0.15) is 23.7 Å². The Morgan fingerprint density at radius 1 is 1.36 bits per heavy atom. The fourth-order valence-electron chi connectivity index (χ4n) is 3.36. The maximum Gasteiger partial charge on any atom is 0.436 e. The van der Waals surface area contributed by atoms with Gasteiger partial charge in [0, 0.05) is 24.7 Å². The van der Waals surface area contributed by atoms with E-state index in [1.54, 1.807) is 0 Å². The number of hydrogen-bond acceptors (Lipinski definition) is 7. The quantitative estimate of drug-likeness (QED) is 0.417. The van der Waals surface area contributed by atoms with Crippen molar-refractivity contribution in [1.29, 1.82) is 0 Å². The molecule has 0 bridgehead atoms. The summed E-state index contributed by atoms with van der Waals surface area (Å²) in [6.07, 6.45) is -5.02. The summed E-state index contributed by atoms with van der Waals surface area (Å²) in [6, 6.07) is -1.000. The van der Waals surface area contributed by atoms with Crippen LogP contribution in [0.25, 0.3) is 0 Å². The number of carboxylic acids is 1. The predicted octanol–water partition coefficient (Wildman–Crippen LogP) is 1.56. The highest BCUT2D eigenvalue weighted by Crippen LogP contribution is 2.40. The molecule has 2 aliphatic rings. The third-order valence-electron chi connectivity index (χ3n) is 4.97. The molecule has 180 valence electrons. The maximum atomic E-state index is 12.9. The van der Waals surface area contributed by atoms with Crippen molar-refractivity contribution in [2.45, 2.75) is 44.4 Å². The minimum Gasteiger partial charge on any atom is -0.477 e. The van der Waals surface area contributed by atoms with Crippen molar-refractivity contribution in [3.05, 3.63) is 27.7 Å². The molecule has 2 aliphatic heterocycles. The molecule has 15 heteroatoms. The monoisotopic (exact) mass is 510 g/mol. The van der Waals surface area contributed by atoms with Crippen molar-refractivity contribution >= 4 is 47.1 Å². The topological polar surface area (TPSA) is 131 Å². The second-order valence-electron chi connectivity index (χ2n) is 7.21. The van der Waals surface area contributed by atoms with Gasteiger partial charge in [-0.3, -0.25) is 24.0 Å². The SMILES string of the molecule is CC(=O)OCC1=C(C(=O)O)N2C(=O)[C@@H](NC(=O)CCn3nc(C(F)(F)F)c(Cl)c3C)[C@@H]2SC1. The van der Waals surface area contributed by atoms with Gasteiger partial charge in [0.15, 0.2) is 5.69 Å². The molecule has 3 rings (SSSR count). The fourth-order valence-corrected chi connectivity index (χ4v) is 4.93. The van der Waals surface area contributed by atoms with E-state index in [0.29, 0.717) is 0 Å². The van der Waals surface area contributed by atoms with Gasteiger partial charge in [0.2, 0.25) is 5.91 Å². The number of carboxylic acid groups (broad SMARTS) is 1. The van der Waals surface area contributed by atoms with Crippen molar-refractivity contribution in [1.82, 2.24) is 20.0 Å². The number of nitrogens with one attached hydrogen (secondary N) is 1. The first-order chi connectivity index (χ1) is 15.3. The molecule has 1 saturated heterocycles. The first-order valence-electron chi connectivity index (χ1n) is 9.45. The molecular weight excluding hydrogens is 493 g/mol. The molecule has 1 fully saturated rings. The first kappa shape index (κ1) is 24.9. The van der Waals surface area contributed by atoms with Gasteiger partial charge in [0.25, 0.3) is 5.91 Å². The van der Waals surface area contributed by atoms with Crippen LogP contribution in [0.4, 0.5) is 13.2 Å². The van der Waals surface area contributed by atoms with Crippen LogP contribution in [-0.2, 0) is 36.6 Å². The number of nitrogens with zero attached hydrogens (tertiary/aromatic N) is 3. The van der Waals surface area contributed by atoms with Crippen LogP contribution in [0.1, 0.15) is 24.7 Å². The van der Waals surface area contributed by atoms with Crippen LogP contribution in [0.2, 0.25) is 5.02 Å². The Morgan fingerprint density at radius 3 is 2.58 bits per heavy atom. The molecule has 2 N–H and O–H groups in total. The fraction of sp³-hybridized carbons (Fsp3) is 0.500. The third kappa shape index (κ3) is 4.95. The molecule has 2 atom stereocenters. The van der Waals surface area contributed by atoms with Crippen LogP contribution in [0.3, 0.4) is 0 Å². The number of carbonyl (C=O) groups excluding carboxylic acids is 3. The van der Waals surface area contributed by atoms with Gasteiger partial charge in [-0.05, 0) is 6.92 Å². The number of hydrogen-bond donors (Lipinski definition) is 2. The Hall–Kier alpha value is -2.74. The number of fused-ring (bicyclic) bond motifs is 1. The molecule has 0 saturated carbocycles. The molecule has 0 aromatic carbocycles. The van der Waals surface area contributed by atoms with Gasteiger partial charge in [-0.15, -0.1) is 11.8 Å². The second-order valence-corrected chi connectivity index (χ2v) is 8.69. The van der Waals surface area contributed by atoms with E-state index < -0.39 is 52.1 Å². The van der Waals surface area contributed by atoms with Crippen molar-refractivity contribution in [2.24, 2.45) is 0 Å². The Kier molecular flexibility index (Phi) is 6.98. The average Bonchev–Trinajstić information content (AvgIpc) is 3.02. The van der Waals surface area contributed by atoms with E-state index in [4.69, 9.17) is 16.3 Å². The minimum absolute atomic E-state index is 0.0436. The summed E-state index contributed by atoms with van der Waals surface area (Å²) in [5, 5.41) is 14.2. The number of halogens is 4. The predicted molar refractivity (Wildman–Crippen MR) is 108 cm³/mol. The molecule has 1 aromatic heterocycles. The lowest BCUT2D eigenvalue weighted by atomic mass is 10.0. The Balaban J connectivity index is 1.64.